The Morgan fingerprint density at radius 2 is 1.41 bits per heavy atom. The summed E-state index contributed by atoms with van der Waals surface area (Å²) in [6.45, 7) is 1.54. The van der Waals surface area contributed by atoms with Crippen LogP contribution in [0.4, 0.5) is 4.79 Å². The van der Waals surface area contributed by atoms with Crippen molar-refractivity contribution in [2.45, 2.75) is 31.3 Å². The number of carbonyl (C=O) groups is 3. The average molecular weight is 459 g/mol. The van der Waals surface area contributed by atoms with Crippen LogP contribution in [-0.4, -0.2) is 35.7 Å². The summed E-state index contributed by atoms with van der Waals surface area (Å²) in [4.78, 5) is 36.2. The molecule has 0 saturated heterocycles. The lowest BCUT2D eigenvalue weighted by molar-refractivity contribution is -0.141. The molecular weight excluding hydrogens is 432 g/mol. The van der Waals surface area contributed by atoms with E-state index in [4.69, 9.17) is 9.84 Å². The molecule has 34 heavy (non-hydrogen) atoms. The highest BCUT2D eigenvalue weighted by molar-refractivity contribution is 5.84. The fourth-order valence-corrected chi connectivity index (χ4v) is 4.27. The van der Waals surface area contributed by atoms with Gasteiger partial charge in [0.15, 0.2) is 0 Å². The molecule has 0 spiro atoms. The maximum absolute atomic E-state index is 12.8. The van der Waals surface area contributed by atoms with Crippen LogP contribution in [0, 0.1) is 0 Å². The van der Waals surface area contributed by atoms with Crippen LogP contribution in [0.2, 0.25) is 0 Å². The van der Waals surface area contributed by atoms with E-state index in [0.717, 1.165) is 22.3 Å². The number of hydrogen-bond donors (Lipinski definition) is 3. The van der Waals surface area contributed by atoms with Crippen molar-refractivity contribution in [1.29, 1.82) is 0 Å². The predicted octanol–water partition coefficient (Wildman–Crippen LogP) is 4.25. The van der Waals surface area contributed by atoms with Crippen LogP contribution in [0.1, 0.15) is 42.0 Å². The summed E-state index contributed by atoms with van der Waals surface area (Å²) in [5, 5.41) is 14.2. The van der Waals surface area contributed by atoms with E-state index in [2.05, 4.69) is 22.8 Å². The highest BCUT2D eigenvalue weighted by Gasteiger charge is 2.29. The largest absolute Gasteiger partial charge is 0.480 e. The molecule has 7 nitrogen and oxygen atoms in total. The quantitative estimate of drug-likeness (QED) is 0.468. The minimum Gasteiger partial charge on any atom is -0.480 e. The van der Waals surface area contributed by atoms with Crippen LogP contribution in [0.15, 0.2) is 78.9 Å². The normalized spacial score (nSPS) is 13.8. The molecule has 0 aliphatic heterocycles. The van der Waals surface area contributed by atoms with Crippen LogP contribution in [0.3, 0.4) is 0 Å². The van der Waals surface area contributed by atoms with E-state index < -0.39 is 30.1 Å². The Hall–Kier alpha value is -4.13. The number of carboxylic acid groups (broad SMARTS) is 1. The molecule has 2 atom stereocenters. The monoisotopic (exact) mass is 458 g/mol. The molecule has 3 aromatic carbocycles. The Bertz CT molecular complexity index is 1150. The molecule has 3 N–H and O–H groups in total. The summed E-state index contributed by atoms with van der Waals surface area (Å²) in [5.41, 5.74) is 5.21. The Balaban J connectivity index is 1.44. The van der Waals surface area contributed by atoms with Gasteiger partial charge in [-0.3, -0.25) is 9.59 Å². The van der Waals surface area contributed by atoms with Crippen molar-refractivity contribution in [2.75, 3.05) is 6.61 Å². The predicted molar refractivity (Wildman–Crippen MR) is 127 cm³/mol. The number of alkyl carbamates (subject to hydrolysis) is 1. The highest BCUT2D eigenvalue weighted by Crippen LogP contribution is 2.44. The van der Waals surface area contributed by atoms with Gasteiger partial charge < -0.3 is 20.5 Å². The van der Waals surface area contributed by atoms with Gasteiger partial charge in [0.05, 0.1) is 12.5 Å². The second-order valence-electron chi connectivity index (χ2n) is 8.26. The van der Waals surface area contributed by atoms with Gasteiger partial charge in [-0.1, -0.05) is 78.9 Å². The summed E-state index contributed by atoms with van der Waals surface area (Å²) >= 11 is 0. The maximum Gasteiger partial charge on any atom is 0.407 e. The van der Waals surface area contributed by atoms with Gasteiger partial charge in [0.2, 0.25) is 5.91 Å². The lowest BCUT2D eigenvalue weighted by Crippen LogP contribution is -2.41. The standard InChI is InChI=1S/C27H26N2O5/c1-17(26(31)32)28-25(30)15-24(18-9-3-2-4-10-18)29-27(33)34-16-23-21-13-7-5-11-19(21)20-12-6-8-14-22(20)23/h2-14,17,23-24H,15-16H2,1H3,(H,28,30)(H,29,33)(H,31,32)/t17-,24?/m0/s1. The molecule has 0 heterocycles. The molecule has 0 saturated carbocycles. The first-order valence-electron chi connectivity index (χ1n) is 11.1. The third-order valence-corrected chi connectivity index (χ3v) is 5.98. The van der Waals surface area contributed by atoms with Crippen molar-refractivity contribution >= 4 is 18.0 Å². The number of rotatable bonds is 8. The van der Waals surface area contributed by atoms with Crippen molar-refractivity contribution in [3.05, 3.63) is 95.6 Å². The topological polar surface area (TPSA) is 105 Å². The van der Waals surface area contributed by atoms with E-state index in [1.165, 1.54) is 6.92 Å². The van der Waals surface area contributed by atoms with Crippen LogP contribution in [0.5, 0.6) is 0 Å². The van der Waals surface area contributed by atoms with Gasteiger partial charge in [-0.25, -0.2) is 4.79 Å². The smallest absolute Gasteiger partial charge is 0.407 e. The number of ether oxygens (including phenoxy) is 1. The fourth-order valence-electron chi connectivity index (χ4n) is 4.27. The summed E-state index contributed by atoms with van der Waals surface area (Å²) in [6, 6.07) is 23.5. The zero-order valence-corrected chi connectivity index (χ0v) is 18.7. The van der Waals surface area contributed by atoms with Gasteiger partial charge in [-0.15, -0.1) is 0 Å². The molecular formula is C27H26N2O5. The minimum absolute atomic E-state index is 0.0759. The van der Waals surface area contributed by atoms with E-state index in [9.17, 15) is 14.4 Å². The number of amides is 2. The second kappa shape index (κ2) is 10.2. The van der Waals surface area contributed by atoms with E-state index >= 15 is 0 Å². The van der Waals surface area contributed by atoms with Gasteiger partial charge >= 0.3 is 12.1 Å². The van der Waals surface area contributed by atoms with Crippen LogP contribution in [0.25, 0.3) is 11.1 Å². The number of fused-ring (bicyclic) bond motifs is 3. The highest BCUT2D eigenvalue weighted by atomic mass is 16.5. The molecule has 7 heteroatoms. The van der Waals surface area contributed by atoms with E-state index in [0.29, 0.717) is 5.56 Å². The number of aliphatic carboxylic acids is 1. The first kappa shape index (κ1) is 23.0. The van der Waals surface area contributed by atoms with Gasteiger partial charge in [0, 0.05) is 5.92 Å². The molecule has 0 aromatic heterocycles. The SMILES string of the molecule is C[C@H](NC(=O)CC(NC(=O)OCC1c2ccccc2-c2ccccc21)c1ccccc1)C(=O)O. The summed E-state index contributed by atoms with van der Waals surface area (Å²) < 4.78 is 5.62. The van der Waals surface area contributed by atoms with Crippen molar-refractivity contribution in [1.82, 2.24) is 10.6 Å². The van der Waals surface area contributed by atoms with Gasteiger partial charge in [-0.2, -0.15) is 0 Å². The van der Waals surface area contributed by atoms with E-state index in [-0.39, 0.29) is 18.9 Å². The first-order chi connectivity index (χ1) is 16.4. The molecule has 0 fully saturated rings. The van der Waals surface area contributed by atoms with Crippen LogP contribution >= 0.6 is 0 Å². The summed E-state index contributed by atoms with van der Waals surface area (Å²) in [5.74, 6) is -1.69. The second-order valence-corrected chi connectivity index (χ2v) is 8.26. The number of hydrogen-bond acceptors (Lipinski definition) is 4. The van der Waals surface area contributed by atoms with Crippen LogP contribution in [-0.2, 0) is 14.3 Å². The summed E-state index contributed by atoms with van der Waals surface area (Å²) in [6.07, 6.45) is -0.763. The fraction of sp³-hybridized carbons (Fsp3) is 0.222. The Morgan fingerprint density at radius 3 is 2.00 bits per heavy atom. The molecule has 0 bridgehead atoms. The number of nitrogens with one attached hydrogen (secondary N) is 2. The molecule has 1 unspecified atom stereocenters. The van der Waals surface area contributed by atoms with Crippen LogP contribution < -0.4 is 10.6 Å². The first-order valence-corrected chi connectivity index (χ1v) is 11.1. The maximum atomic E-state index is 12.8. The Labute approximate surface area is 197 Å². The zero-order chi connectivity index (χ0) is 24.1. The third-order valence-electron chi connectivity index (χ3n) is 5.98. The van der Waals surface area contributed by atoms with Gasteiger partial charge in [0.25, 0.3) is 0 Å². The van der Waals surface area contributed by atoms with Crippen molar-refractivity contribution in [2.24, 2.45) is 0 Å². The molecule has 1 aliphatic rings. The number of carbonyl (C=O) groups excluding carboxylic acids is 2. The summed E-state index contributed by atoms with van der Waals surface area (Å²) in [7, 11) is 0. The lowest BCUT2D eigenvalue weighted by Gasteiger charge is -2.21. The molecule has 0 radical (unpaired) electrons. The molecule has 174 valence electrons. The van der Waals surface area contributed by atoms with E-state index in [1.807, 2.05) is 42.5 Å². The van der Waals surface area contributed by atoms with Crippen molar-refractivity contribution in [3.8, 4) is 11.1 Å². The Kier molecular flexibility index (Phi) is 6.92. The molecule has 1 aliphatic carbocycles. The molecule has 2 amide bonds. The van der Waals surface area contributed by atoms with Crippen molar-refractivity contribution in [3.63, 3.8) is 0 Å². The Morgan fingerprint density at radius 1 is 0.853 bits per heavy atom. The molecule has 4 rings (SSSR count). The van der Waals surface area contributed by atoms with E-state index in [1.54, 1.807) is 24.3 Å². The number of benzene rings is 3. The third kappa shape index (κ3) is 5.09. The minimum atomic E-state index is -1.13. The van der Waals surface area contributed by atoms with Gasteiger partial charge in [0.1, 0.15) is 12.6 Å². The van der Waals surface area contributed by atoms with Crippen molar-refractivity contribution < 1.29 is 24.2 Å². The lowest BCUT2D eigenvalue weighted by atomic mass is 9.98. The number of carboxylic acids is 1. The van der Waals surface area contributed by atoms with Gasteiger partial charge in [-0.05, 0) is 34.7 Å². The molecule has 3 aromatic rings. The zero-order valence-electron chi connectivity index (χ0n) is 18.7. The average Bonchev–Trinajstić information content (AvgIpc) is 3.16.